The van der Waals surface area contributed by atoms with E-state index in [4.69, 9.17) is 21.8 Å². The lowest BCUT2D eigenvalue weighted by molar-refractivity contribution is -0.157. The monoisotopic (exact) mass is 400 g/mol. The normalized spacial score (nSPS) is 38.6. The summed E-state index contributed by atoms with van der Waals surface area (Å²) < 4.78 is 105. The molecule has 2 amide bonds. The summed E-state index contributed by atoms with van der Waals surface area (Å²) in [5.41, 5.74) is -1.51. The van der Waals surface area contributed by atoms with E-state index in [2.05, 4.69) is 4.98 Å². The molecule has 0 spiro atoms. The number of piperazine rings is 1. The van der Waals surface area contributed by atoms with Gasteiger partial charge in [-0.1, -0.05) is 24.2 Å². The first-order valence-electron chi connectivity index (χ1n) is 14.1. The van der Waals surface area contributed by atoms with Crippen molar-refractivity contribution in [1.29, 1.82) is 0 Å². The first-order valence-corrected chi connectivity index (χ1v) is 8.62. The van der Waals surface area contributed by atoms with Gasteiger partial charge in [0.25, 0.3) is 0 Å². The Bertz CT molecular complexity index is 1690. The number of H-pyrrole nitrogens is 1. The fourth-order valence-corrected chi connectivity index (χ4v) is 3.58. The fourth-order valence-electron chi connectivity index (χ4n) is 3.58. The lowest BCUT2D eigenvalue weighted by Crippen LogP contribution is -2.62. The van der Waals surface area contributed by atoms with E-state index in [1.807, 2.05) is 0 Å². The van der Waals surface area contributed by atoms with Gasteiger partial charge >= 0.3 is 0 Å². The van der Waals surface area contributed by atoms with Crippen LogP contribution < -0.4 is 9.47 Å². The summed E-state index contributed by atoms with van der Waals surface area (Å²) in [4.78, 5) is 30.7. The highest BCUT2D eigenvalue weighted by molar-refractivity contribution is 5.97. The van der Waals surface area contributed by atoms with Crippen molar-refractivity contribution in [3.63, 3.8) is 0 Å². The number of likely N-dealkylation sites (N-methyl/N-ethyl adjacent to an activating group) is 1. The fraction of sp³-hybridized carbons (Fsp3) is 0.273. The maximum absolute atomic E-state index is 13.8. The van der Waals surface area contributed by atoms with E-state index in [1.165, 1.54) is 18.2 Å². The highest BCUT2D eigenvalue weighted by atomic mass is 16.7. The molecule has 2 aromatic carbocycles. The van der Waals surface area contributed by atoms with Crippen LogP contribution >= 0.6 is 0 Å². The highest BCUT2D eigenvalue weighted by Gasteiger charge is 2.47. The average Bonchev–Trinajstić information content (AvgIpc) is 3.43. The molecule has 7 heteroatoms. The lowest BCUT2D eigenvalue weighted by atomic mass is 9.86. The van der Waals surface area contributed by atoms with Crippen LogP contribution in [0.15, 0.2) is 42.4 Å². The third-order valence-electron chi connectivity index (χ3n) is 4.88. The largest absolute Gasteiger partial charge is 0.454 e. The quantitative estimate of drug-likeness (QED) is 0.680. The van der Waals surface area contributed by atoms with Gasteiger partial charge in [-0.15, -0.1) is 0 Å². The summed E-state index contributed by atoms with van der Waals surface area (Å²) in [6.07, 6.45) is -3.06. The number of nitrogens with zero attached hydrogens (tertiary/aromatic N) is 2. The number of carbonyl (C=O) groups is 2. The minimum atomic E-state index is -3.32. The Kier molecular flexibility index (Phi) is 1.77. The van der Waals surface area contributed by atoms with Gasteiger partial charge in [0, 0.05) is 32.8 Å². The molecular weight excluding hydrogens is 370 g/mol. The minimum absolute atomic E-state index is 0.0712. The molecule has 146 valence electrons. The molecule has 0 saturated carbocycles. The van der Waals surface area contributed by atoms with Crippen LogP contribution in [0.5, 0.6) is 11.5 Å². The number of para-hydroxylation sites is 1. The number of carbonyl (C=O) groups excluding carboxylic acids is 2. The molecule has 6 rings (SSSR count). The van der Waals surface area contributed by atoms with Crippen LogP contribution in [0.2, 0.25) is 0 Å². The summed E-state index contributed by atoms with van der Waals surface area (Å²) in [6.45, 7) is -6.02. The maximum atomic E-state index is 13.8. The lowest BCUT2D eigenvalue weighted by Gasteiger charge is -2.46. The number of rotatable bonds is 1. The Morgan fingerprint density at radius 1 is 1.24 bits per heavy atom. The molecule has 0 radical (unpaired) electrons. The van der Waals surface area contributed by atoms with Crippen molar-refractivity contribution in [2.24, 2.45) is 0 Å². The summed E-state index contributed by atoms with van der Waals surface area (Å²) >= 11 is 0. The molecule has 0 unspecified atom stereocenters. The zero-order valence-electron chi connectivity index (χ0n) is 25.8. The molecule has 1 aromatic heterocycles. The SMILES string of the molecule is [2H]c1c([2H])c([C@]2([2H])c3[nH]c4ccccc4c3C([2H])([2H])[C@]3([2H])C(=O)N(C)C([2H])([2H])C(=O)N23)c([2H])c2c1OC([2H])([2H])O2. The molecule has 0 aliphatic carbocycles. The van der Waals surface area contributed by atoms with E-state index in [1.54, 1.807) is 6.07 Å². The number of hydrogen-bond acceptors (Lipinski definition) is 4. The van der Waals surface area contributed by atoms with Crippen molar-refractivity contribution in [2.45, 2.75) is 18.4 Å². The van der Waals surface area contributed by atoms with E-state index in [9.17, 15) is 12.3 Å². The number of benzene rings is 2. The van der Waals surface area contributed by atoms with Crippen molar-refractivity contribution in [3.05, 3.63) is 59.2 Å². The molecule has 3 aromatic rings. The number of hydrogen-bond donors (Lipinski definition) is 1. The van der Waals surface area contributed by atoms with Gasteiger partial charge in [-0.25, -0.2) is 0 Å². The first-order chi connectivity index (χ1) is 18.3. The van der Waals surface area contributed by atoms with Gasteiger partial charge in [0.05, 0.1) is 22.1 Å². The summed E-state index contributed by atoms with van der Waals surface area (Å²) in [6, 6.07) is -2.99. The molecule has 29 heavy (non-hydrogen) atoms. The maximum Gasteiger partial charge on any atom is 0.245 e. The number of aromatic amines is 1. The van der Waals surface area contributed by atoms with Crippen molar-refractivity contribution >= 4 is 22.7 Å². The zero-order chi connectivity index (χ0) is 29.5. The molecule has 0 bridgehead atoms. The molecule has 1 fully saturated rings. The van der Waals surface area contributed by atoms with Crippen LogP contribution in [0.4, 0.5) is 0 Å². The van der Waals surface area contributed by atoms with E-state index in [0.717, 1.165) is 7.05 Å². The summed E-state index contributed by atoms with van der Waals surface area (Å²) in [5.74, 6) is -4.49. The molecule has 3 aliphatic rings. The zero-order valence-corrected chi connectivity index (χ0v) is 14.8. The van der Waals surface area contributed by atoms with Crippen LogP contribution in [-0.2, 0) is 16.0 Å². The summed E-state index contributed by atoms with van der Waals surface area (Å²) in [5, 5.41) is 0.128. The standard InChI is InChI=1S/C22H19N3O4/c1-24-10-19(26)25-16(22(24)27)9-14-13-4-2-3-5-15(13)23-20(14)21(25)12-6-7-17-18(8-12)29-11-28-17/h2-8,16,21,23H,9-11H2,1H3/t16-,21-/m1/s1/i6D,7D,8D,9D2,10D2,11D2,16D,21D. The highest BCUT2D eigenvalue weighted by Crippen LogP contribution is 2.44. The second-order valence-electron chi connectivity index (χ2n) is 6.56. The number of ether oxygens (including phenoxy) is 2. The third kappa shape index (κ3) is 2.24. The molecular formula is C22H19N3O4. The van der Waals surface area contributed by atoms with Gasteiger partial charge in [-0.05, 0) is 29.3 Å². The second kappa shape index (κ2) is 5.76. The minimum Gasteiger partial charge on any atom is -0.454 e. The van der Waals surface area contributed by atoms with Gasteiger partial charge in [-0.3, -0.25) is 9.59 Å². The molecule has 7 nitrogen and oxygen atoms in total. The van der Waals surface area contributed by atoms with Gasteiger partial charge in [-0.2, -0.15) is 0 Å². The van der Waals surface area contributed by atoms with Gasteiger partial charge < -0.3 is 24.3 Å². The number of amides is 2. The summed E-state index contributed by atoms with van der Waals surface area (Å²) in [7, 11) is 0.886. The topological polar surface area (TPSA) is 74.9 Å². The molecule has 1 N–H and O–H groups in total. The smallest absolute Gasteiger partial charge is 0.245 e. The van der Waals surface area contributed by atoms with Crippen LogP contribution in [-0.4, -0.2) is 52.9 Å². The van der Waals surface area contributed by atoms with E-state index >= 15 is 0 Å². The Labute approximate surface area is 182 Å². The predicted octanol–water partition coefficient (Wildman–Crippen LogP) is 2.21. The van der Waals surface area contributed by atoms with Gasteiger partial charge in [0.2, 0.25) is 18.6 Å². The number of nitrogens with one attached hydrogen (secondary N) is 1. The van der Waals surface area contributed by atoms with E-state index < -0.39 is 89.9 Å². The van der Waals surface area contributed by atoms with Crippen LogP contribution in [0, 0.1) is 0 Å². The predicted molar refractivity (Wildman–Crippen MR) is 105 cm³/mol. The van der Waals surface area contributed by atoms with E-state index in [-0.39, 0.29) is 20.7 Å². The number of fused-ring (bicyclic) bond motifs is 5. The molecule has 4 heterocycles. The third-order valence-corrected chi connectivity index (χ3v) is 4.88. The molecule has 1 saturated heterocycles. The van der Waals surface area contributed by atoms with Crippen molar-refractivity contribution < 1.29 is 34.1 Å². The Hall–Kier alpha value is -3.48. The Balaban J connectivity index is 1.82. The van der Waals surface area contributed by atoms with Crippen LogP contribution in [0.3, 0.4) is 0 Å². The van der Waals surface area contributed by atoms with Crippen molar-refractivity contribution in [3.8, 4) is 11.5 Å². The average molecular weight is 400 g/mol. The van der Waals surface area contributed by atoms with Crippen LogP contribution in [0.25, 0.3) is 10.9 Å². The Morgan fingerprint density at radius 3 is 2.97 bits per heavy atom. The Morgan fingerprint density at radius 2 is 2.07 bits per heavy atom. The van der Waals surface area contributed by atoms with Gasteiger partial charge in [0.1, 0.15) is 8.76 Å². The number of aromatic nitrogens is 1. The van der Waals surface area contributed by atoms with Crippen molar-refractivity contribution in [2.75, 3.05) is 20.3 Å². The van der Waals surface area contributed by atoms with Gasteiger partial charge in [0.15, 0.2) is 11.5 Å². The van der Waals surface area contributed by atoms with E-state index in [0.29, 0.717) is 0 Å². The van der Waals surface area contributed by atoms with Crippen LogP contribution in [0.1, 0.15) is 37.9 Å². The second-order valence-corrected chi connectivity index (χ2v) is 6.56. The molecule has 3 aliphatic heterocycles. The van der Waals surface area contributed by atoms with Crippen molar-refractivity contribution in [1.82, 2.24) is 14.8 Å². The first kappa shape index (κ1) is 8.90. The molecule has 2 atom stereocenters.